The normalized spacial score (nSPS) is 12.8. The van der Waals surface area contributed by atoms with E-state index in [-0.39, 0.29) is 18.5 Å². The van der Waals surface area contributed by atoms with Crippen molar-refractivity contribution in [2.24, 2.45) is 0 Å². The number of carbonyl (C=O) groups is 2. The van der Waals surface area contributed by atoms with Gasteiger partial charge in [-0.15, -0.1) is 0 Å². The van der Waals surface area contributed by atoms with Gasteiger partial charge in [-0.2, -0.15) is 0 Å². The Kier molecular flexibility index (Phi) is 68.4. The van der Waals surface area contributed by atoms with Crippen molar-refractivity contribution in [2.45, 2.75) is 405 Å². The third-order valence-corrected chi connectivity index (χ3v) is 16.8. The van der Waals surface area contributed by atoms with Gasteiger partial charge < -0.3 is 20.3 Å². The van der Waals surface area contributed by atoms with Gasteiger partial charge in [0.2, 0.25) is 5.91 Å². The summed E-state index contributed by atoms with van der Waals surface area (Å²) in [6.07, 6.45) is 92.1. The maximum atomic E-state index is 12.5. The molecule has 0 aromatic carbocycles. The number of amides is 1. The second-order valence-electron chi connectivity index (χ2n) is 24.9. The number of ether oxygens (including phenoxy) is 1. The van der Waals surface area contributed by atoms with Crippen molar-refractivity contribution in [2.75, 3.05) is 13.2 Å². The minimum atomic E-state index is -0.842. The maximum absolute atomic E-state index is 12.5. The van der Waals surface area contributed by atoms with Crippen LogP contribution in [0, 0.1) is 0 Å². The van der Waals surface area contributed by atoms with Crippen LogP contribution in [-0.4, -0.2) is 47.4 Å². The minimum Gasteiger partial charge on any atom is -0.466 e. The molecule has 0 rings (SSSR count). The zero-order valence-electron chi connectivity index (χ0n) is 54.5. The van der Waals surface area contributed by atoms with E-state index in [4.69, 9.17) is 4.74 Å². The highest BCUT2D eigenvalue weighted by Crippen LogP contribution is 2.18. The molecule has 0 aromatic rings. The van der Waals surface area contributed by atoms with Gasteiger partial charge in [-0.05, 0) is 89.9 Å². The molecule has 0 saturated heterocycles. The van der Waals surface area contributed by atoms with Crippen LogP contribution >= 0.6 is 0 Å². The summed E-state index contributed by atoms with van der Waals surface area (Å²) in [5.74, 6) is -0.0526. The lowest BCUT2D eigenvalue weighted by molar-refractivity contribution is -0.143. The van der Waals surface area contributed by atoms with E-state index in [2.05, 4.69) is 55.6 Å². The van der Waals surface area contributed by atoms with E-state index >= 15 is 0 Å². The molecule has 2 atom stereocenters. The zero-order valence-corrected chi connectivity index (χ0v) is 54.5. The topological polar surface area (TPSA) is 95.9 Å². The van der Waals surface area contributed by atoms with Gasteiger partial charge >= 0.3 is 5.97 Å². The number of hydrogen-bond donors (Lipinski definition) is 3. The Labute approximate surface area is 506 Å². The third kappa shape index (κ3) is 66.8. The van der Waals surface area contributed by atoms with Gasteiger partial charge in [0.15, 0.2) is 0 Å². The van der Waals surface area contributed by atoms with Crippen molar-refractivity contribution in [1.82, 2.24) is 5.32 Å². The van der Waals surface area contributed by atoms with Crippen molar-refractivity contribution in [1.29, 1.82) is 0 Å². The highest BCUT2D eigenvalue weighted by Gasteiger charge is 2.18. The summed E-state index contributed by atoms with van der Waals surface area (Å²) in [6, 6.07) is -0.625. The van der Waals surface area contributed by atoms with Crippen LogP contribution in [0.2, 0.25) is 0 Å². The number of esters is 1. The van der Waals surface area contributed by atoms with Crippen molar-refractivity contribution in [3.05, 3.63) is 48.6 Å². The molecule has 6 heteroatoms. The van der Waals surface area contributed by atoms with Crippen molar-refractivity contribution < 1.29 is 24.5 Å². The summed E-state index contributed by atoms with van der Waals surface area (Å²) >= 11 is 0. The summed E-state index contributed by atoms with van der Waals surface area (Å²) in [6.45, 7) is 4.90. The van der Waals surface area contributed by atoms with E-state index in [0.29, 0.717) is 19.4 Å². The summed E-state index contributed by atoms with van der Waals surface area (Å²) in [7, 11) is 0. The highest BCUT2D eigenvalue weighted by molar-refractivity contribution is 5.76. The van der Waals surface area contributed by atoms with Crippen LogP contribution in [0.15, 0.2) is 48.6 Å². The van der Waals surface area contributed by atoms with Crippen LogP contribution in [0.25, 0.3) is 0 Å². The third-order valence-electron chi connectivity index (χ3n) is 16.8. The van der Waals surface area contributed by atoms with Crippen molar-refractivity contribution in [3.63, 3.8) is 0 Å². The van der Waals surface area contributed by atoms with Crippen molar-refractivity contribution >= 4 is 11.9 Å². The van der Waals surface area contributed by atoms with Gasteiger partial charge in [-0.25, -0.2) is 0 Å². The van der Waals surface area contributed by atoms with Gasteiger partial charge in [0.05, 0.1) is 25.4 Å². The highest BCUT2D eigenvalue weighted by atomic mass is 16.5. The number of rotatable bonds is 68. The first-order chi connectivity index (χ1) is 40.0. The summed E-state index contributed by atoms with van der Waals surface area (Å²) in [4.78, 5) is 24.6. The number of unbranched alkanes of at least 4 members (excludes halogenated alkanes) is 51. The smallest absolute Gasteiger partial charge is 0.305 e. The maximum Gasteiger partial charge on any atom is 0.305 e. The predicted molar refractivity (Wildman–Crippen MR) is 356 cm³/mol. The Balaban J connectivity index is 3.35. The quantitative estimate of drug-likeness (QED) is 0.0320. The Bertz CT molecular complexity index is 1360. The first-order valence-corrected chi connectivity index (χ1v) is 36.4. The average molecular weight is 1140 g/mol. The SMILES string of the molecule is CCCCCC/C=C\C/C=C\CCCCCCCCCC(=O)OCCCCCCCCCCCCCC/C=C\CCCCCCCCCCCCCCCCCCCC(=O)NC(CO)C(O)/C=C/CCCCCCCCCCCCC. The van der Waals surface area contributed by atoms with Crippen molar-refractivity contribution in [3.8, 4) is 0 Å². The fourth-order valence-electron chi connectivity index (χ4n) is 11.3. The molecule has 0 aliphatic rings. The molecule has 0 bridgehead atoms. The average Bonchev–Trinajstić information content (AvgIpc) is 3.47. The molecule has 0 aliphatic heterocycles. The van der Waals surface area contributed by atoms with Crippen LogP contribution in [0.4, 0.5) is 0 Å². The molecule has 0 aliphatic carbocycles. The summed E-state index contributed by atoms with van der Waals surface area (Å²) in [5.41, 5.74) is 0. The van der Waals surface area contributed by atoms with E-state index < -0.39 is 12.1 Å². The number of aliphatic hydroxyl groups is 2. The van der Waals surface area contributed by atoms with E-state index in [1.54, 1.807) is 6.08 Å². The second-order valence-corrected chi connectivity index (χ2v) is 24.9. The van der Waals surface area contributed by atoms with Gasteiger partial charge in [0.25, 0.3) is 0 Å². The number of carbonyl (C=O) groups excluding carboxylic acids is 2. The van der Waals surface area contributed by atoms with Gasteiger partial charge in [0.1, 0.15) is 0 Å². The fraction of sp³-hybridized carbons (Fsp3) is 0.867. The number of allylic oxidation sites excluding steroid dienone is 7. The summed E-state index contributed by atoms with van der Waals surface area (Å²) in [5, 5.41) is 23.1. The van der Waals surface area contributed by atoms with Crippen LogP contribution in [0.5, 0.6) is 0 Å². The Morgan fingerprint density at radius 2 is 0.617 bits per heavy atom. The van der Waals surface area contributed by atoms with E-state index in [1.807, 2.05) is 6.08 Å². The number of aliphatic hydroxyl groups excluding tert-OH is 2. The lowest BCUT2D eigenvalue weighted by atomic mass is 10.0. The van der Waals surface area contributed by atoms with Crippen LogP contribution in [0.3, 0.4) is 0 Å². The molecular formula is C75H141NO5. The Morgan fingerprint density at radius 3 is 0.963 bits per heavy atom. The minimum absolute atomic E-state index is 0.0112. The molecule has 476 valence electrons. The van der Waals surface area contributed by atoms with Crippen LogP contribution in [0.1, 0.15) is 393 Å². The molecule has 0 heterocycles. The lowest BCUT2D eigenvalue weighted by Gasteiger charge is -2.20. The molecule has 81 heavy (non-hydrogen) atoms. The van der Waals surface area contributed by atoms with Crippen LogP contribution in [-0.2, 0) is 14.3 Å². The van der Waals surface area contributed by atoms with Crippen LogP contribution < -0.4 is 5.32 Å². The van der Waals surface area contributed by atoms with Gasteiger partial charge in [-0.3, -0.25) is 9.59 Å². The number of nitrogens with one attached hydrogen (secondary N) is 1. The molecular weight excluding hydrogens is 995 g/mol. The zero-order chi connectivity index (χ0) is 58.5. The molecule has 0 radical (unpaired) electrons. The molecule has 0 aromatic heterocycles. The molecule has 6 nitrogen and oxygen atoms in total. The largest absolute Gasteiger partial charge is 0.466 e. The van der Waals surface area contributed by atoms with E-state index in [9.17, 15) is 19.8 Å². The molecule has 0 spiro atoms. The number of hydrogen-bond acceptors (Lipinski definition) is 5. The first kappa shape index (κ1) is 78.8. The standard InChI is InChI=1S/C75H141NO5/c1-3-5-7-9-11-13-15-17-18-19-38-41-45-49-53-57-61-65-69-75(80)81-70-66-62-58-54-50-46-42-39-36-34-32-30-28-26-24-22-20-21-23-25-27-29-31-33-35-37-40-44-48-52-56-60-64-68-74(79)76-72(71-77)73(78)67-63-59-55-51-47-43-16-14-12-10-8-6-4-2/h13,15,18-19,24,26,63,67,72-73,77-78H,3-12,14,16-17,20-23,25,27-62,64-66,68-71H2,1-2H3,(H,76,79)/b15-13-,19-18-,26-24-,67-63+. The lowest BCUT2D eigenvalue weighted by Crippen LogP contribution is -2.45. The molecule has 2 unspecified atom stereocenters. The predicted octanol–water partition coefficient (Wildman–Crippen LogP) is 23.6. The summed E-state index contributed by atoms with van der Waals surface area (Å²) < 4.78 is 5.50. The van der Waals surface area contributed by atoms with E-state index in [1.165, 1.54) is 315 Å². The van der Waals surface area contributed by atoms with Gasteiger partial charge in [0, 0.05) is 12.8 Å². The molecule has 3 N–H and O–H groups in total. The molecule has 1 amide bonds. The molecule has 0 fully saturated rings. The molecule has 0 saturated carbocycles. The Morgan fingerprint density at radius 1 is 0.346 bits per heavy atom. The monoisotopic (exact) mass is 1140 g/mol. The second kappa shape index (κ2) is 70.3. The Hall–Kier alpha value is -2.18. The van der Waals surface area contributed by atoms with Gasteiger partial charge in [-0.1, -0.05) is 339 Å². The first-order valence-electron chi connectivity index (χ1n) is 36.4. The fourth-order valence-corrected chi connectivity index (χ4v) is 11.3. The van der Waals surface area contributed by atoms with E-state index in [0.717, 1.165) is 51.4 Å².